The number of carbonyl (C=O) groups excluding carboxylic acids is 1. The minimum atomic E-state index is -0.243. The van der Waals surface area contributed by atoms with E-state index in [0.717, 1.165) is 42.3 Å². The monoisotopic (exact) mass is 457 g/mol. The molecule has 1 atom stereocenters. The van der Waals surface area contributed by atoms with E-state index in [4.69, 9.17) is 4.98 Å². The average Bonchev–Trinajstić information content (AvgIpc) is 2.84. The van der Waals surface area contributed by atoms with Gasteiger partial charge < -0.3 is 10.2 Å². The van der Waals surface area contributed by atoms with Crippen LogP contribution in [0.25, 0.3) is 11.3 Å². The lowest BCUT2D eigenvalue weighted by molar-refractivity contribution is 0.102. The van der Waals surface area contributed by atoms with Crippen molar-refractivity contribution in [1.82, 2.24) is 15.0 Å². The maximum Gasteiger partial charge on any atom is 0.274 e. The number of rotatable bonds is 5. The fourth-order valence-electron chi connectivity index (χ4n) is 4.40. The minimum Gasteiger partial charge on any atom is -0.355 e. The van der Waals surface area contributed by atoms with Gasteiger partial charge in [0.2, 0.25) is 0 Å². The highest BCUT2D eigenvalue weighted by Gasteiger charge is 2.30. The average molecular weight is 458 g/mol. The van der Waals surface area contributed by atoms with Crippen molar-refractivity contribution in [3.63, 3.8) is 0 Å². The van der Waals surface area contributed by atoms with Gasteiger partial charge in [-0.05, 0) is 59.9 Å². The van der Waals surface area contributed by atoms with Gasteiger partial charge in [0, 0.05) is 30.5 Å². The summed E-state index contributed by atoms with van der Waals surface area (Å²) in [5.41, 5.74) is 4.18. The van der Waals surface area contributed by atoms with E-state index in [1.165, 1.54) is 12.0 Å². The van der Waals surface area contributed by atoms with Crippen molar-refractivity contribution in [2.75, 3.05) is 23.3 Å². The quantitative estimate of drug-likeness (QED) is 0.495. The van der Waals surface area contributed by atoms with Gasteiger partial charge in [-0.2, -0.15) is 0 Å². The standard InChI is InChI=1S/C28H35N5O/c1-19(2)20-8-10-23(11-9-20)31-27(34)24-15-21(12-13-30-24)25-16-29-17-26(32-25)33-14-6-7-22(18-33)28(3,4)5/h8-13,15-17,19,22H,6-7,14,18H2,1-5H3,(H,31,34). The molecule has 0 aliphatic carbocycles. The summed E-state index contributed by atoms with van der Waals surface area (Å²) in [6.45, 7) is 13.2. The van der Waals surface area contributed by atoms with Crippen molar-refractivity contribution >= 4 is 17.4 Å². The molecule has 1 aliphatic rings. The zero-order valence-corrected chi connectivity index (χ0v) is 20.9. The topological polar surface area (TPSA) is 71.0 Å². The first kappa shape index (κ1) is 23.9. The van der Waals surface area contributed by atoms with Crippen LogP contribution in [0, 0.1) is 11.3 Å². The van der Waals surface area contributed by atoms with Gasteiger partial charge in [0.25, 0.3) is 5.91 Å². The Labute approximate surface area is 202 Å². The van der Waals surface area contributed by atoms with Crippen molar-refractivity contribution < 1.29 is 4.79 Å². The van der Waals surface area contributed by atoms with Gasteiger partial charge in [0.1, 0.15) is 11.5 Å². The van der Waals surface area contributed by atoms with E-state index in [1.807, 2.05) is 36.5 Å². The minimum absolute atomic E-state index is 0.243. The number of amides is 1. The van der Waals surface area contributed by atoms with Gasteiger partial charge in [-0.25, -0.2) is 4.98 Å². The second-order valence-electron chi connectivity index (χ2n) is 10.6. The molecule has 2 aromatic heterocycles. The number of benzene rings is 1. The fourth-order valence-corrected chi connectivity index (χ4v) is 4.40. The van der Waals surface area contributed by atoms with E-state index in [9.17, 15) is 4.79 Å². The molecule has 3 aromatic rings. The normalized spacial score (nSPS) is 16.5. The second-order valence-corrected chi connectivity index (χ2v) is 10.6. The molecule has 1 aliphatic heterocycles. The molecule has 34 heavy (non-hydrogen) atoms. The first-order valence-corrected chi connectivity index (χ1v) is 12.2. The molecule has 0 radical (unpaired) electrons. The van der Waals surface area contributed by atoms with Crippen LogP contribution in [0.15, 0.2) is 55.0 Å². The third-order valence-corrected chi connectivity index (χ3v) is 6.72. The molecule has 178 valence electrons. The van der Waals surface area contributed by atoms with Crippen LogP contribution in [0.2, 0.25) is 0 Å². The highest BCUT2D eigenvalue weighted by atomic mass is 16.1. The van der Waals surface area contributed by atoms with E-state index < -0.39 is 0 Å². The van der Waals surface area contributed by atoms with Crippen molar-refractivity contribution in [1.29, 1.82) is 0 Å². The Morgan fingerprint density at radius 3 is 2.59 bits per heavy atom. The number of hydrogen-bond donors (Lipinski definition) is 1. The van der Waals surface area contributed by atoms with Gasteiger partial charge in [0.05, 0.1) is 18.1 Å². The van der Waals surface area contributed by atoms with Crippen LogP contribution in [-0.2, 0) is 0 Å². The Bertz CT molecular complexity index is 1130. The summed E-state index contributed by atoms with van der Waals surface area (Å²) in [7, 11) is 0. The molecular weight excluding hydrogens is 422 g/mol. The first-order chi connectivity index (χ1) is 16.2. The zero-order valence-electron chi connectivity index (χ0n) is 20.9. The van der Waals surface area contributed by atoms with Crippen LogP contribution in [0.1, 0.15) is 69.4 Å². The lowest BCUT2D eigenvalue weighted by Gasteiger charge is -2.40. The Morgan fingerprint density at radius 1 is 1.12 bits per heavy atom. The van der Waals surface area contributed by atoms with Crippen LogP contribution in [0.3, 0.4) is 0 Å². The third kappa shape index (κ3) is 5.61. The lowest BCUT2D eigenvalue weighted by Crippen LogP contribution is -2.41. The molecule has 1 amide bonds. The molecule has 6 nitrogen and oxygen atoms in total. The summed E-state index contributed by atoms with van der Waals surface area (Å²) >= 11 is 0. The van der Waals surface area contributed by atoms with Gasteiger partial charge in [-0.15, -0.1) is 0 Å². The molecule has 0 bridgehead atoms. The highest BCUT2D eigenvalue weighted by molar-refractivity contribution is 6.03. The molecule has 4 rings (SSSR count). The predicted octanol–water partition coefficient (Wildman–Crippen LogP) is 6.18. The predicted molar refractivity (Wildman–Crippen MR) is 138 cm³/mol. The third-order valence-electron chi connectivity index (χ3n) is 6.72. The summed E-state index contributed by atoms with van der Waals surface area (Å²) in [4.78, 5) is 28.8. The molecule has 0 saturated carbocycles. The van der Waals surface area contributed by atoms with Crippen LogP contribution in [0.4, 0.5) is 11.5 Å². The SMILES string of the molecule is CC(C)c1ccc(NC(=O)c2cc(-c3cncc(N4CCCC(C(C)(C)C)C4)n3)ccn2)cc1. The van der Waals surface area contributed by atoms with Gasteiger partial charge in [-0.3, -0.25) is 14.8 Å². The molecule has 1 N–H and O–H groups in total. The maximum absolute atomic E-state index is 12.8. The zero-order chi connectivity index (χ0) is 24.3. The van der Waals surface area contributed by atoms with Gasteiger partial charge in [0.15, 0.2) is 0 Å². The molecular formula is C28H35N5O. The van der Waals surface area contributed by atoms with Crippen LogP contribution < -0.4 is 10.2 Å². The number of carbonyl (C=O) groups is 1. The number of aromatic nitrogens is 3. The molecule has 1 fully saturated rings. The van der Waals surface area contributed by atoms with E-state index in [0.29, 0.717) is 17.5 Å². The summed E-state index contributed by atoms with van der Waals surface area (Å²) in [5.74, 6) is 1.72. The summed E-state index contributed by atoms with van der Waals surface area (Å²) in [5, 5.41) is 2.94. The van der Waals surface area contributed by atoms with Crippen LogP contribution in [0.5, 0.6) is 0 Å². The summed E-state index contributed by atoms with van der Waals surface area (Å²) in [6.07, 6.45) is 7.64. The molecule has 1 unspecified atom stereocenters. The smallest absolute Gasteiger partial charge is 0.274 e. The second kappa shape index (κ2) is 9.92. The first-order valence-electron chi connectivity index (χ1n) is 12.2. The Hall–Kier alpha value is -3.28. The summed E-state index contributed by atoms with van der Waals surface area (Å²) < 4.78 is 0. The van der Waals surface area contributed by atoms with Crippen molar-refractivity contribution in [3.8, 4) is 11.3 Å². The molecule has 1 saturated heterocycles. The van der Waals surface area contributed by atoms with Crippen molar-refractivity contribution in [2.24, 2.45) is 11.3 Å². The van der Waals surface area contributed by atoms with Gasteiger partial charge >= 0.3 is 0 Å². The lowest BCUT2D eigenvalue weighted by atomic mass is 9.76. The number of pyridine rings is 1. The van der Waals surface area contributed by atoms with E-state index in [2.05, 4.69) is 54.8 Å². The number of hydrogen-bond acceptors (Lipinski definition) is 5. The van der Waals surface area contributed by atoms with E-state index in [1.54, 1.807) is 18.5 Å². The van der Waals surface area contributed by atoms with E-state index in [-0.39, 0.29) is 11.3 Å². The largest absolute Gasteiger partial charge is 0.355 e. The highest BCUT2D eigenvalue weighted by Crippen LogP contribution is 2.34. The van der Waals surface area contributed by atoms with Crippen LogP contribution >= 0.6 is 0 Å². The maximum atomic E-state index is 12.8. The molecule has 0 spiro atoms. The molecule has 6 heteroatoms. The van der Waals surface area contributed by atoms with Crippen molar-refractivity contribution in [2.45, 2.75) is 53.4 Å². The van der Waals surface area contributed by atoms with E-state index >= 15 is 0 Å². The Kier molecular flexibility index (Phi) is 6.96. The number of nitrogens with one attached hydrogen (secondary N) is 1. The Balaban J connectivity index is 1.51. The molecule has 3 heterocycles. The number of nitrogens with zero attached hydrogens (tertiary/aromatic N) is 4. The van der Waals surface area contributed by atoms with Gasteiger partial charge in [-0.1, -0.05) is 46.8 Å². The van der Waals surface area contributed by atoms with Crippen LogP contribution in [-0.4, -0.2) is 33.9 Å². The van der Waals surface area contributed by atoms with Crippen molar-refractivity contribution in [3.05, 3.63) is 66.2 Å². The fraction of sp³-hybridized carbons (Fsp3) is 0.429. The molecule has 1 aromatic carbocycles. The summed E-state index contributed by atoms with van der Waals surface area (Å²) in [6, 6.07) is 11.6. The number of anilines is 2. The number of piperidine rings is 1. The Morgan fingerprint density at radius 2 is 1.88 bits per heavy atom.